The highest BCUT2D eigenvalue weighted by atomic mass is 32.2. The van der Waals surface area contributed by atoms with Crippen LogP contribution >= 0.6 is 11.8 Å². The number of hydrogen-bond donors (Lipinski definition) is 0. The molecule has 0 unspecified atom stereocenters. The molecule has 0 radical (unpaired) electrons. The Hall–Kier alpha value is -1.61. The lowest BCUT2D eigenvalue weighted by molar-refractivity contribution is 0.121. The van der Waals surface area contributed by atoms with Crippen molar-refractivity contribution in [3.63, 3.8) is 0 Å². The molecule has 3 heterocycles. The normalized spacial score (nSPS) is 15.5. The van der Waals surface area contributed by atoms with Crippen molar-refractivity contribution in [1.82, 2.24) is 24.9 Å². The number of rotatable bonds is 6. The lowest BCUT2D eigenvalue weighted by Crippen LogP contribution is -2.38. The fourth-order valence-electron chi connectivity index (χ4n) is 2.28. The summed E-state index contributed by atoms with van der Waals surface area (Å²) >= 11 is 1.57. The van der Waals surface area contributed by atoms with Crippen LogP contribution < -0.4 is 4.90 Å². The number of nitrogens with zero attached hydrogens (tertiary/aromatic N) is 6. The van der Waals surface area contributed by atoms with Crippen molar-refractivity contribution >= 4 is 17.7 Å². The maximum Gasteiger partial charge on any atom is 0.237 e. The summed E-state index contributed by atoms with van der Waals surface area (Å²) in [7, 11) is 0. The Morgan fingerprint density at radius 2 is 2.00 bits per heavy atom. The average Bonchev–Trinajstić information content (AvgIpc) is 3.19. The number of thioether (sulfide) groups is 1. The minimum Gasteiger partial charge on any atom is -0.378 e. The van der Waals surface area contributed by atoms with Gasteiger partial charge in [0.05, 0.1) is 19.0 Å². The number of ether oxygens (including phenoxy) is 1. The van der Waals surface area contributed by atoms with Gasteiger partial charge in [-0.1, -0.05) is 23.8 Å². The molecule has 8 nitrogen and oxygen atoms in total. The molecule has 2 aromatic heterocycles. The fourth-order valence-corrected chi connectivity index (χ4v) is 3.12. The van der Waals surface area contributed by atoms with Crippen LogP contribution in [0.4, 0.5) is 5.95 Å². The van der Waals surface area contributed by atoms with E-state index in [-0.39, 0.29) is 0 Å². The first-order valence-electron chi connectivity index (χ1n) is 7.52. The van der Waals surface area contributed by atoms with E-state index in [4.69, 9.17) is 9.26 Å². The van der Waals surface area contributed by atoms with Crippen LogP contribution in [-0.2, 0) is 23.5 Å². The molecule has 0 saturated carbocycles. The molecule has 120 valence electrons. The Morgan fingerprint density at radius 3 is 2.68 bits per heavy atom. The summed E-state index contributed by atoms with van der Waals surface area (Å²) in [5, 5.41) is 13.4. The van der Waals surface area contributed by atoms with E-state index in [1.807, 2.05) is 6.92 Å². The summed E-state index contributed by atoms with van der Waals surface area (Å²) in [5.74, 6) is 2.88. The topological polar surface area (TPSA) is 82.1 Å². The van der Waals surface area contributed by atoms with Crippen molar-refractivity contribution in [2.45, 2.75) is 37.7 Å². The molecule has 1 saturated heterocycles. The van der Waals surface area contributed by atoms with Crippen LogP contribution in [0.5, 0.6) is 0 Å². The van der Waals surface area contributed by atoms with E-state index >= 15 is 0 Å². The SMILES string of the molecule is CCc1noc(CSc2nnc(N3CCOCC3)n2CC)n1. The summed E-state index contributed by atoms with van der Waals surface area (Å²) in [4.78, 5) is 6.53. The predicted octanol–water partition coefficient (Wildman–Crippen LogP) is 1.37. The van der Waals surface area contributed by atoms with Crippen molar-refractivity contribution < 1.29 is 9.26 Å². The molecule has 3 rings (SSSR count). The minimum absolute atomic E-state index is 0.605. The first kappa shape index (κ1) is 15.3. The average molecular weight is 324 g/mol. The van der Waals surface area contributed by atoms with Gasteiger partial charge >= 0.3 is 0 Å². The Bertz CT molecular complexity index is 607. The van der Waals surface area contributed by atoms with Crippen molar-refractivity contribution in [3.8, 4) is 0 Å². The molecule has 0 atom stereocenters. The van der Waals surface area contributed by atoms with Crippen LogP contribution in [0.3, 0.4) is 0 Å². The van der Waals surface area contributed by atoms with Gasteiger partial charge in [0, 0.05) is 26.1 Å². The number of hydrogen-bond acceptors (Lipinski definition) is 8. The maximum atomic E-state index is 5.39. The van der Waals surface area contributed by atoms with Crippen molar-refractivity contribution in [2.24, 2.45) is 0 Å². The molecular formula is C13H20N6O2S. The van der Waals surface area contributed by atoms with E-state index in [0.29, 0.717) is 11.6 Å². The zero-order valence-corrected chi connectivity index (χ0v) is 13.7. The van der Waals surface area contributed by atoms with E-state index in [9.17, 15) is 0 Å². The molecule has 0 aromatic carbocycles. The summed E-state index contributed by atoms with van der Waals surface area (Å²) in [5.41, 5.74) is 0. The quantitative estimate of drug-likeness (QED) is 0.737. The largest absolute Gasteiger partial charge is 0.378 e. The summed E-state index contributed by atoms with van der Waals surface area (Å²) in [6.45, 7) is 8.11. The first-order chi connectivity index (χ1) is 10.8. The highest BCUT2D eigenvalue weighted by Gasteiger charge is 2.20. The summed E-state index contributed by atoms with van der Waals surface area (Å²) in [6.07, 6.45) is 0.778. The van der Waals surface area contributed by atoms with Crippen LogP contribution in [0.1, 0.15) is 25.6 Å². The van der Waals surface area contributed by atoms with Gasteiger partial charge in [-0.25, -0.2) is 0 Å². The van der Waals surface area contributed by atoms with Crippen LogP contribution in [0, 0.1) is 0 Å². The van der Waals surface area contributed by atoms with Gasteiger partial charge in [-0.2, -0.15) is 4.98 Å². The molecule has 0 aliphatic carbocycles. The van der Waals surface area contributed by atoms with Gasteiger partial charge in [0.25, 0.3) is 0 Å². The lowest BCUT2D eigenvalue weighted by Gasteiger charge is -2.27. The van der Waals surface area contributed by atoms with Crippen LogP contribution in [0.15, 0.2) is 9.68 Å². The first-order valence-corrected chi connectivity index (χ1v) is 8.50. The van der Waals surface area contributed by atoms with Crippen molar-refractivity contribution in [1.29, 1.82) is 0 Å². The van der Waals surface area contributed by atoms with Gasteiger partial charge < -0.3 is 14.2 Å². The Morgan fingerprint density at radius 1 is 1.18 bits per heavy atom. The van der Waals surface area contributed by atoms with E-state index in [1.165, 1.54) is 0 Å². The van der Waals surface area contributed by atoms with Gasteiger partial charge in [0.15, 0.2) is 11.0 Å². The Labute approximate surface area is 133 Å². The molecule has 1 aliphatic rings. The van der Waals surface area contributed by atoms with Gasteiger partial charge in [-0.15, -0.1) is 10.2 Å². The molecule has 9 heteroatoms. The standard InChI is InChI=1S/C13H20N6O2S/c1-3-10-14-11(21-17-10)9-22-13-16-15-12(19(13)4-2)18-5-7-20-8-6-18/h3-9H2,1-2H3. The fraction of sp³-hybridized carbons (Fsp3) is 0.692. The molecule has 22 heavy (non-hydrogen) atoms. The van der Waals surface area contributed by atoms with Crippen LogP contribution in [0.2, 0.25) is 0 Å². The minimum atomic E-state index is 0.605. The maximum absolute atomic E-state index is 5.39. The van der Waals surface area contributed by atoms with Crippen molar-refractivity contribution in [3.05, 3.63) is 11.7 Å². The summed E-state index contributed by atoms with van der Waals surface area (Å²) in [6, 6.07) is 0. The molecule has 0 spiro atoms. The third-order valence-corrected chi connectivity index (χ3v) is 4.41. The molecule has 0 bridgehead atoms. The molecule has 0 amide bonds. The molecule has 1 fully saturated rings. The van der Waals surface area contributed by atoms with E-state index in [1.54, 1.807) is 11.8 Å². The summed E-state index contributed by atoms with van der Waals surface area (Å²) < 4.78 is 12.7. The number of aryl methyl sites for hydroxylation is 1. The number of anilines is 1. The zero-order valence-electron chi connectivity index (χ0n) is 12.9. The smallest absolute Gasteiger partial charge is 0.237 e. The van der Waals surface area contributed by atoms with Gasteiger partial charge in [0.1, 0.15) is 0 Å². The molecule has 2 aromatic rings. The predicted molar refractivity (Wildman–Crippen MR) is 82.0 cm³/mol. The van der Waals surface area contributed by atoms with Crippen molar-refractivity contribution in [2.75, 3.05) is 31.2 Å². The Kier molecular flexibility index (Phi) is 4.94. The van der Waals surface area contributed by atoms with Crippen LogP contribution in [0.25, 0.3) is 0 Å². The second-order valence-electron chi connectivity index (χ2n) is 4.87. The second-order valence-corrected chi connectivity index (χ2v) is 5.82. The number of aromatic nitrogens is 5. The van der Waals surface area contributed by atoms with E-state index < -0.39 is 0 Å². The van der Waals surface area contributed by atoms with Gasteiger partial charge in [-0.05, 0) is 6.92 Å². The van der Waals surface area contributed by atoms with Gasteiger partial charge in [-0.3, -0.25) is 4.57 Å². The molecular weight excluding hydrogens is 304 g/mol. The molecule has 1 aliphatic heterocycles. The second kappa shape index (κ2) is 7.10. The van der Waals surface area contributed by atoms with E-state index in [2.05, 4.69) is 36.7 Å². The third-order valence-electron chi connectivity index (χ3n) is 3.46. The molecule has 0 N–H and O–H groups in total. The lowest BCUT2D eigenvalue weighted by atomic mass is 10.4. The number of morpholine rings is 1. The van der Waals surface area contributed by atoms with Crippen LogP contribution in [-0.4, -0.2) is 51.2 Å². The van der Waals surface area contributed by atoms with E-state index in [0.717, 1.165) is 56.2 Å². The van der Waals surface area contributed by atoms with Gasteiger partial charge in [0.2, 0.25) is 11.8 Å². The highest BCUT2D eigenvalue weighted by molar-refractivity contribution is 7.98. The zero-order chi connectivity index (χ0) is 15.4. The monoisotopic (exact) mass is 324 g/mol. The third kappa shape index (κ3) is 3.25. The highest BCUT2D eigenvalue weighted by Crippen LogP contribution is 2.25. The Balaban J connectivity index is 1.69.